The first kappa shape index (κ1) is 23.8. The van der Waals surface area contributed by atoms with Crippen molar-refractivity contribution >= 4 is 58.0 Å². The lowest BCUT2D eigenvalue weighted by Crippen LogP contribution is -2.21. The summed E-state index contributed by atoms with van der Waals surface area (Å²) in [6.45, 7) is 3.09. The van der Waals surface area contributed by atoms with Crippen molar-refractivity contribution < 1.29 is 23.5 Å². The summed E-state index contributed by atoms with van der Waals surface area (Å²) in [6, 6.07) is 7.93. The van der Waals surface area contributed by atoms with Crippen molar-refractivity contribution in [1.82, 2.24) is 0 Å². The van der Waals surface area contributed by atoms with Crippen molar-refractivity contribution in [3.63, 3.8) is 0 Å². The van der Waals surface area contributed by atoms with Crippen molar-refractivity contribution in [3.8, 4) is 11.5 Å². The smallest absolute Gasteiger partial charge is 0.291 e. The number of furan rings is 1. The number of amides is 2. The Labute approximate surface area is 199 Å². The molecule has 0 fully saturated rings. The van der Waals surface area contributed by atoms with Crippen molar-refractivity contribution in [1.29, 1.82) is 0 Å². The molecule has 1 aromatic heterocycles. The maximum absolute atomic E-state index is 12.5. The lowest BCUT2D eigenvalue weighted by atomic mass is 10.1. The maximum atomic E-state index is 12.5. The van der Waals surface area contributed by atoms with Gasteiger partial charge in [-0.3, -0.25) is 9.59 Å². The van der Waals surface area contributed by atoms with Crippen LogP contribution < -0.4 is 20.1 Å². The quantitative estimate of drug-likeness (QED) is 0.409. The SMILES string of the molecule is COc1ccc(NC(=O)c2ccco2)cc1NC(=O)COc1c(Cl)c(C)c(Cl)c(C)c1Cl. The van der Waals surface area contributed by atoms with Crippen LogP contribution >= 0.6 is 34.8 Å². The standard InChI is InChI=1S/C22H19Cl3N2O5/c1-11-18(23)12(2)20(25)21(19(11)24)32-10-17(28)27-14-9-13(6-7-15(14)30-3)26-22(29)16-5-4-8-31-16/h4-9H,10H2,1-3H3,(H,26,29)(H,27,28). The van der Waals surface area contributed by atoms with Crippen molar-refractivity contribution in [3.05, 3.63) is 68.6 Å². The van der Waals surface area contributed by atoms with Crippen LogP contribution in [-0.4, -0.2) is 25.5 Å². The van der Waals surface area contributed by atoms with E-state index in [9.17, 15) is 9.59 Å². The van der Waals surface area contributed by atoms with E-state index in [2.05, 4.69) is 10.6 Å². The van der Waals surface area contributed by atoms with Crippen LogP contribution in [0.5, 0.6) is 11.5 Å². The van der Waals surface area contributed by atoms with Gasteiger partial charge in [-0.1, -0.05) is 34.8 Å². The molecule has 10 heteroatoms. The summed E-state index contributed by atoms with van der Waals surface area (Å²) in [4.78, 5) is 24.7. The number of methoxy groups -OCH3 is 1. The molecule has 0 unspecified atom stereocenters. The molecule has 1 heterocycles. The molecular weight excluding hydrogens is 479 g/mol. The number of carbonyl (C=O) groups excluding carboxylic acids is 2. The number of hydrogen-bond acceptors (Lipinski definition) is 5. The van der Waals surface area contributed by atoms with Crippen molar-refractivity contribution in [2.45, 2.75) is 13.8 Å². The van der Waals surface area contributed by atoms with Crippen LogP contribution in [0.4, 0.5) is 11.4 Å². The molecule has 0 aliphatic carbocycles. The van der Waals surface area contributed by atoms with Crippen LogP contribution in [0, 0.1) is 13.8 Å². The second kappa shape index (κ2) is 10.2. The lowest BCUT2D eigenvalue weighted by Gasteiger charge is -2.16. The summed E-state index contributed by atoms with van der Waals surface area (Å²) in [5, 5.41) is 6.27. The van der Waals surface area contributed by atoms with Crippen LogP contribution in [0.25, 0.3) is 0 Å². The Hall–Kier alpha value is -2.87. The Balaban J connectivity index is 1.73. The fraction of sp³-hybridized carbons (Fsp3) is 0.182. The fourth-order valence-electron chi connectivity index (χ4n) is 2.85. The van der Waals surface area contributed by atoms with Gasteiger partial charge in [0.1, 0.15) is 5.75 Å². The monoisotopic (exact) mass is 496 g/mol. The Morgan fingerprint density at radius 2 is 1.69 bits per heavy atom. The van der Waals surface area contributed by atoms with E-state index in [-0.39, 0.29) is 28.2 Å². The number of anilines is 2. The third-order valence-electron chi connectivity index (χ3n) is 4.54. The first-order chi connectivity index (χ1) is 15.2. The summed E-state index contributed by atoms with van der Waals surface area (Å²) < 4.78 is 15.9. The number of rotatable bonds is 7. The molecule has 0 spiro atoms. The van der Waals surface area contributed by atoms with Crippen LogP contribution in [0.3, 0.4) is 0 Å². The highest BCUT2D eigenvalue weighted by Gasteiger charge is 2.19. The maximum Gasteiger partial charge on any atom is 0.291 e. The average molecular weight is 498 g/mol. The zero-order valence-electron chi connectivity index (χ0n) is 17.3. The van der Waals surface area contributed by atoms with Crippen LogP contribution in [0.2, 0.25) is 15.1 Å². The molecule has 0 aliphatic rings. The minimum Gasteiger partial charge on any atom is -0.495 e. The minimum absolute atomic E-state index is 0.155. The molecule has 168 valence electrons. The van der Waals surface area contributed by atoms with E-state index in [1.807, 2.05) is 0 Å². The molecule has 0 aliphatic heterocycles. The third-order valence-corrected chi connectivity index (χ3v) is 6.02. The van der Waals surface area contributed by atoms with E-state index < -0.39 is 11.8 Å². The molecule has 0 bridgehead atoms. The van der Waals surface area contributed by atoms with Gasteiger partial charge in [0, 0.05) is 10.7 Å². The van der Waals surface area contributed by atoms with Gasteiger partial charge >= 0.3 is 0 Å². The number of halogens is 3. The second-order valence-electron chi connectivity index (χ2n) is 6.70. The van der Waals surface area contributed by atoms with E-state index >= 15 is 0 Å². The van der Waals surface area contributed by atoms with Crippen LogP contribution in [-0.2, 0) is 4.79 Å². The average Bonchev–Trinajstić information content (AvgIpc) is 3.32. The number of benzene rings is 2. The molecule has 0 saturated carbocycles. The van der Waals surface area contributed by atoms with Gasteiger partial charge in [-0.25, -0.2) is 0 Å². The third kappa shape index (κ3) is 5.12. The molecule has 3 aromatic rings. The molecule has 7 nitrogen and oxygen atoms in total. The lowest BCUT2D eigenvalue weighted by molar-refractivity contribution is -0.118. The van der Waals surface area contributed by atoms with Crippen molar-refractivity contribution in [2.24, 2.45) is 0 Å². The molecule has 32 heavy (non-hydrogen) atoms. The molecule has 3 rings (SSSR count). The Kier molecular flexibility index (Phi) is 7.56. The summed E-state index contributed by atoms with van der Waals surface area (Å²) in [5.74, 6) is -0.200. The minimum atomic E-state index is -0.491. The molecule has 2 aromatic carbocycles. The molecule has 2 amide bonds. The normalized spacial score (nSPS) is 10.6. The Bertz CT molecular complexity index is 1130. The van der Waals surface area contributed by atoms with Crippen LogP contribution in [0.15, 0.2) is 41.0 Å². The van der Waals surface area contributed by atoms with E-state index in [1.165, 1.54) is 19.4 Å². The first-order valence-corrected chi connectivity index (χ1v) is 10.5. The Morgan fingerprint density at radius 1 is 1.00 bits per heavy atom. The van der Waals surface area contributed by atoms with Gasteiger partial charge in [0.2, 0.25) is 0 Å². The summed E-state index contributed by atoms with van der Waals surface area (Å²) in [5.41, 5.74) is 1.97. The highest BCUT2D eigenvalue weighted by Crippen LogP contribution is 2.42. The summed E-state index contributed by atoms with van der Waals surface area (Å²) >= 11 is 18.8. The number of carbonyl (C=O) groups is 2. The Morgan fingerprint density at radius 3 is 2.28 bits per heavy atom. The van der Waals surface area contributed by atoms with Crippen LogP contribution in [0.1, 0.15) is 21.7 Å². The number of hydrogen-bond donors (Lipinski definition) is 2. The van der Waals surface area contributed by atoms with Gasteiger partial charge in [-0.05, 0) is 55.3 Å². The molecule has 0 atom stereocenters. The van der Waals surface area contributed by atoms with Gasteiger partial charge in [0.05, 0.1) is 29.1 Å². The van der Waals surface area contributed by atoms with E-state index in [0.29, 0.717) is 33.3 Å². The highest BCUT2D eigenvalue weighted by molar-refractivity contribution is 6.42. The van der Waals surface area contributed by atoms with Gasteiger partial charge in [0.15, 0.2) is 18.1 Å². The van der Waals surface area contributed by atoms with Gasteiger partial charge in [0.25, 0.3) is 11.8 Å². The molecule has 2 N–H and O–H groups in total. The predicted molar refractivity (Wildman–Crippen MR) is 125 cm³/mol. The predicted octanol–water partition coefficient (Wildman–Crippen LogP) is 6.14. The van der Waals surface area contributed by atoms with E-state index in [1.54, 1.807) is 38.1 Å². The fourth-order valence-corrected chi connectivity index (χ4v) is 3.67. The van der Waals surface area contributed by atoms with E-state index in [4.69, 9.17) is 48.7 Å². The van der Waals surface area contributed by atoms with E-state index in [0.717, 1.165) is 0 Å². The highest BCUT2D eigenvalue weighted by atomic mass is 35.5. The zero-order valence-corrected chi connectivity index (χ0v) is 19.6. The number of nitrogens with one attached hydrogen (secondary N) is 2. The molecule has 0 radical (unpaired) electrons. The van der Waals surface area contributed by atoms with Crippen molar-refractivity contribution in [2.75, 3.05) is 24.4 Å². The zero-order chi connectivity index (χ0) is 23.4. The number of ether oxygens (including phenoxy) is 2. The van der Waals surface area contributed by atoms with Gasteiger partial charge in [-0.2, -0.15) is 0 Å². The largest absolute Gasteiger partial charge is 0.495 e. The summed E-state index contributed by atoms with van der Waals surface area (Å²) in [7, 11) is 1.46. The summed E-state index contributed by atoms with van der Waals surface area (Å²) in [6.07, 6.45) is 1.40. The first-order valence-electron chi connectivity index (χ1n) is 9.32. The topological polar surface area (TPSA) is 89.8 Å². The van der Waals surface area contributed by atoms with Gasteiger partial charge < -0.3 is 24.5 Å². The molecule has 0 saturated heterocycles. The second-order valence-corrected chi connectivity index (χ2v) is 7.84. The van der Waals surface area contributed by atoms with Gasteiger partial charge in [-0.15, -0.1) is 0 Å². The molecular formula is C22H19Cl3N2O5.